The van der Waals surface area contributed by atoms with Gasteiger partial charge in [0, 0.05) is 12.2 Å². The predicted octanol–water partition coefficient (Wildman–Crippen LogP) is 1.50. The van der Waals surface area contributed by atoms with Crippen LogP contribution in [0.3, 0.4) is 0 Å². The maximum Gasteiger partial charge on any atom is 0.287 e. The van der Waals surface area contributed by atoms with Gasteiger partial charge in [0.2, 0.25) is 0 Å². The average molecular weight is 171 g/mol. The van der Waals surface area contributed by atoms with Crippen LogP contribution in [0.2, 0.25) is 6.55 Å². The van der Waals surface area contributed by atoms with Crippen molar-refractivity contribution in [3.63, 3.8) is 0 Å². The van der Waals surface area contributed by atoms with Gasteiger partial charge in [0.25, 0.3) is 8.68 Å². The van der Waals surface area contributed by atoms with E-state index in [0.717, 1.165) is 6.17 Å². The van der Waals surface area contributed by atoms with Crippen LogP contribution in [0.5, 0.6) is 0 Å². The standard InChI is InChI=1S/C8H17NOSi/c1-11(10)7-9-8-5-3-2-4-6-8/h8-9H,2-7H2,1H3. The Kier molecular flexibility index (Phi) is 3.94. The van der Waals surface area contributed by atoms with Crippen molar-refractivity contribution in [2.75, 3.05) is 6.17 Å². The lowest BCUT2D eigenvalue weighted by Crippen LogP contribution is -2.34. The van der Waals surface area contributed by atoms with Gasteiger partial charge in [0.1, 0.15) is 0 Å². The molecule has 1 rings (SSSR count). The third-order valence-electron chi connectivity index (χ3n) is 2.24. The number of nitrogens with one attached hydrogen (secondary N) is 1. The normalized spacial score (nSPS) is 20.1. The van der Waals surface area contributed by atoms with E-state index in [1.807, 2.05) is 6.55 Å². The smallest absolute Gasteiger partial charge is 0.287 e. The fourth-order valence-electron chi connectivity index (χ4n) is 1.59. The summed E-state index contributed by atoms with van der Waals surface area (Å²) in [5.74, 6) is 0. The van der Waals surface area contributed by atoms with E-state index in [1.165, 1.54) is 32.1 Å². The van der Waals surface area contributed by atoms with Gasteiger partial charge < -0.3 is 9.78 Å². The van der Waals surface area contributed by atoms with Crippen molar-refractivity contribution in [3.05, 3.63) is 0 Å². The molecule has 0 aromatic rings. The molecule has 1 aliphatic rings. The van der Waals surface area contributed by atoms with Crippen LogP contribution < -0.4 is 5.32 Å². The van der Waals surface area contributed by atoms with Crippen molar-refractivity contribution in [2.45, 2.75) is 44.7 Å². The average Bonchev–Trinajstić information content (AvgIpc) is 2.03. The number of rotatable bonds is 3. The SMILES string of the molecule is C[Si](=O)CNC1CCCCC1. The fraction of sp³-hybridized carbons (Fsp3) is 1.00. The molecule has 0 spiro atoms. The molecule has 1 aliphatic carbocycles. The first-order valence-electron chi connectivity index (χ1n) is 4.52. The summed E-state index contributed by atoms with van der Waals surface area (Å²) in [5.41, 5.74) is 0. The summed E-state index contributed by atoms with van der Waals surface area (Å²) < 4.78 is 10.8. The molecule has 11 heavy (non-hydrogen) atoms. The summed E-state index contributed by atoms with van der Waals surface area (Å²) in [6, 6.07) is 0.664. The monoisotopic (exact) mass is 171 g/mol. The summed E-state index contributed by atoms with van der Waals surface area (Å²) in [5, 5.41) is 3.35. The summed E-state index contributed by atoms with van der Waals surface area (Å²) in [7, 11) is -1.29. The molecule has 1 fully saturated rings. The van der Waals surface area contributed by atoms with Crippen LogP contribution >= 0.6 is 0 Å². The molecule has 0 amide bonds. The van der Waals surface area contributed by atoms with Crippen LogP contribution in [-0.4, -0.2) is 20.9 Å². The van der Waals surface area contributed by atoms with Gasteiger partial charge in [0.15, 0.2) is 0 Å². The molecule has 0 heterocycles. The molecule has 0 radical (unpaired) electrons. The van der Waals surface area contributed by atoms with Gasteiger partial charge in [0.05, 0.1) is 0 Å². The van der Waals surface area contributed by atoms with Crippen LogP contribution in [0.25, 0.3) is 0 Å². The zero-order chi connectivity index (χ0) is 8.10. The Labute approximate surface area is 70.0 Å². The largest absolute Gasteiger partial charge is 0.387 e. The molecule has 0 bridgehead atoms. The highest BCUT2D eigenvalue weighted by atomic mass is 28.3. The Morgan fingerprint density at radius 1 is 1.36 bits per heavy atom. The Bertz CT molecular complexity index is 132. The van der Waals surface area contributed by atoms with Crippen LogP contribution in [0.4, 0.5) is 0 Å². The molecule has 0 saturated heterocycles. The van der Waals surface area contributed by atoms with Crippen molar-refractivity contribution < 1.29 is 4.46 Å². The lowest BCUT2D eigenvalue weighted by molar-refractivity contribution is 0.386. The summed E-state index contributed by atoms with van der Waals surface area (Å²) in [6.45, 7) is 1.82. The molecule has 0 aromatic carbocycles. The second-order valence-corrected chi connectivity index (χ2v) is 5.18. The topological polar surface area (TPSA) is 29.1 Å². The highest BCUT2D eigenvalue weighted by molar-refractivity contribution is 6.41. The molecule has 0 atom stereocenters. The molecule has 2 nitrogen and oxygen atoms in total. The van der Waals surface area contributed by atoms with E-state index in [0.29, 0.717) is 6.04 Å². The molecule has 1 saturated carbocycles. The molecule has 1 N–H and O–H groups in total. The van der Waals surface area contributed by atoms with E-state index in [9.17, 15) is 4.46 Å². The Morgan fingerprint density at radius 3 is 2.55 bits per heavy atom. The second-order valence-electron chi connectivity index (χ2n) is 3.42. The number of hydrogen-bond donors (Lipinski definition) is 1. The maximum atomic E-state index is 10.8. The van der Waals surface area contributed by atoms with E-state index < -0.39 is 8.68 Å². The molecule has 0 aromatic heterocycles. The van der Waals surface area contributed by atoms with Crippen molar-refractivity contribution in [1.29, 1.82) is 0 Å². The van der Waals surface area contributed by atoms with E-state index in [1.54, 1.807) is 0 Å². The molecule has 3 heteroatoms. The summed E-state index contributed by atoms with van der Waals surface area (Å²) >= 11 is 0. The van der Waals surface area contributed by atoms with Gasteiger partial charge in [-0.1, -0.05) is 19.3 Å². The molecular weight excluding hydrogens is 154 g/mol. The van der Waals surface area contributed by atoms with E-state index in [-0.39, 0.29) is 0 Å². The fourth-order valence-corrected chi connectivity index (χ4v) is 2.17. The third kappa shape index (κ3) is 3.77. The highest BCUT2D eigenvalue weighted by Crippen LogP contribution is 2.16. The lowest BCUT2D eigenvalue weighted by atomic mass is 9.96. The van der Waals surface area contributed by atoms with E-state index >= 15 is 0 Å². The van der Waals surface area contributed by atoms with Crippen LogP contribution in [-0.2, 0) is 4.46 Å². The zero-order valence-electron chi connectivity index (χ0n) is 7.23. The Morgan fingerprint density at radius 2 is 2.00 bits per heavy atom. The van der Waals surface area contributed by atoms with E-state index in [4.69, 9.17) is 0 Å². The van der Waals surface area contributed by atoms with Gasteiger partial charge in [-0.05, 0) is 19.4 Å². The molecule has 0 unspecified atom stereocenters. The van der Waals surface area contributed by atoms with Crippen LogP contribution in [0.1, 0.15) is 32.1 Å². The van der Waals surface area contributed by atoms with Crippen molar-refractivity contribution in [2.24, 2.45) is 0 Å². The first-order valence-corrected chi connectivity index (χ1v) is 6.63. The van der Waals surface area contributed by atoms with Gasteiger partial charge in [-0.25, -0.2) is 0 Å². The lowest BCUT2D eigenvalue weighted by Gasteiger charge is -2.21. The Hall–Kier alpha value is -0.0231. The summed E-state index contributed by atoms with van der Waals surface area (Å²) in [6.07, 6.45) is 7.41. The van der Waals surface area contributed by atoms with Crippen molar-refractivity contribution in [1.82, 2.24) is 5.32 Å². The van der Waals surface area contributed by atoms with E-state index in [2.05, 4.69) is 5.32 Å². The van der Waals surface area contributed by atoms with Gasteiger partial charge >= 0.3 is 0 Å². The predicted molar refractivity (Wildman–Crippen MR) is 47.2 cm³/mol. The highest BCUT2D eigenvalue weighted by Gasteiger charge is 2.12. The van der Waals surface area contributed by atoms with Crippen molar-refractivity contribution in [3.8, 4) is 0 Å². The minimum Gasteiger partial charge on any atom is -0.387 e. The number of hydrogen-bond acceptors (Lipinski definition) is 2. The third-order valence-corrected chi connectivity index (χ3v) is 2.95. The summed E-state index contributed by atoms with van der Waals surface area (Å²) in [4.78, 5) is 0. The quantitative estimate of drug-likeness (QED) is 0.652. The second kappa shape index (κ2) is 4.77. The first kappa shape index (κ1) is 9.07. The van der Waals surface area contributed by atoms with Crippen molar-refractivity contribution >= 4 is 8.68 Å². The minimum absolute atomic E-state index is 0.664. The Balaban J connectivity index is 2.09. The molecular formula is C8H17NOSi. The first-order chi connectivity index (χ1) is 5.29. The zero-order valence-corrected chi connectivity index (χ0v) is 8.23. The molecule has 0 aliphatic heterocycles. The van der Waals surface area contributed by atoms with Crippen LogP contribution in [0, 0.1) is 0 Å². The van der Waals surface area contributed by atoms with Gasteiger partial charge in [-0.2, -0.15) is 0 Å². The minimum atomic E-state index is -1.29. The van der Waals surface area contributed by atoms with Gasteiger partial charge in [-0.15, -0.1) is 0 Å². The maximum absolute atomic E-state index is 10.8. The van der Waals surface area contributed by atoms with Crippen LogP contribution in [0.15, 0.2) is 0 Å². The van der Waals surface area contributed by atoms with Gasteiger partial charge in [-0.3, -0.25) is 0 Å². The molecule has 64 valence electrons.